The third-order valence-electron chi connectivity index (χ3n) is 16.3. The molecule has 0 fully saturated rings. The summed E-state index contributed by atoms with van der Waals surface area (Å²) in [6.45, 7) is 4.11. The van der Waals surface area contributed by atoms with Gasteiger partial charge in [-0.2, -0.15) is 10.2 Å². The number of phenolic OH excluding ortho intramolecular Hbond substituents is 2. The Labute approximate surface area is 594 Å². The highest BCUT2D eigenvalue weighted by molar-refractivity contribution is 6.02. The number of benzene rings is 6. The zero-order valence-corrected chi connectivity index (χ0v) is 57.3. The third-order valence-corrected chi connectivity index (χ3v) is 16.3. The normalized spacial score (nSPS) is 12.7. The lowest BCUT2D eigenvalue weighted by Crippen LogP contribution is -2.47. The molecule has 0 saturated heterocycles. The van der Waals surface area contributed by atoms with Crippen molar-refractivity contribution in [3.05, 3.63) is 189 Å². The summed E-state index contributed by atoms with van der Waals surface area (Å²) in [7, 11) is 3.90. The molecule has 0 saturated carbocycles. The number of nitrogens with one attached hydrogen (secondary N) is 7. The van der Waals surface area contributed by atoms with E-state index in [0.29, 0.717) is 97.2 Å². The minimum Gasteiger partial charge on any atom is -0.508 e. The van der Waals surface area contributed by atoms with Gasteiger partial charge in [0.2, 0.25) is 11.8 Å². The zero-order valence-electron chi connectivity index (χ0n) is 57.3. The number of aliphatic hydroxyl groups is 1. The molecule has 0 radical (unpaired) electrons. The summed E-state index contributed by atoms with van der Waals surface area (Å²) in [4.78, 5) is 109. The Morgan fingerprint density at radius 2 is 1.21 bits per heavy atom. The zero-order chi connectivity index (χ0) is 73.5. The molecule has 6 aromatic rings. The first kappa shape index (κ1) is 77.0. The highest BCUT2D eigenvalue weighted by Crippen LogP contribution is 2.57. The lowest BCUT2D eigenvalue weighted by Gasteiger charge is -2.36. The Bertz CT molecular complexity index is 3980. The number of azide groups is 1. The van der Waals surface area contributed by atoms with Gasteiger partial charge in [-0.1, -0.05) is 43.1 Å². The fourth-order valence-corrected chi connectivity index (χ4v) is 10.9. The summed E-state index contributed by atoms with van der Waals surface area (Å²) in [6, 6.07) is 33.0. The number of phenols is 2. The predicted octanol–water partition coefficient (Wildman–Crippen LogP) is 9.66. The van der Waals surface area contributed by atoms with Crippen LogP contribution in [0.4, 0.5) is 26.7 Å². The SMILES string of the molecule is C=C(CNC(=O)CCCCCNC(=O)c1ccc2c(c1)C(=O)OC21c2ccc(O)cc2Oc2cc(O)ccc21)COC(=O)NCCCCC(NC(=O)OCCOC(COc1cccc(C(=O)NCCNC(=O)c2ccc(/N=N/c3ccc(N(C)C)cc3)cc2)c1)N=[N+]=[N-])C(=O)NCCCCCCO. The van der Waals surface area contributed by atoms with Crippen molar-refractivity contribution in [1.82, 2.24) is 37.2 Å². The van der Waals surface area contributed by atoms with Crippen molar-refractivity contribution < 1.29 is 82.1 Å². The molecule has 103 heavy (non-hydrogen) atoms. The van der Waals surface area contributed by atoms with E-state index in [1.807, 2.05) is 43.3 Å². The number of azo groups is 1. The average Bonchev–Trinajstić information content (AvgIpc) is 1.59. The molecule has 544 valence electrons. The molecule has 2 atom stereocenters. The maximum atomic E-state index is 13.5. The molecule has 2 unspecified atom stereocenters. The van der Waals surface area contributed by atoms with Crippen LogP contribution in [0.2, 0.25) is 0 Å². The largest absolute Gasteiger partial charge is 0.508 e. The molecular weight excluding hydrogens is 1330 g/mol. The number of carbonyl (C=O) groups excluding carboxylic acids is 8. The highest BCUT2D eigenvalue weighted by atomic mass is 16.6. The van der Waals surface area contributed by atoms with Crippen molar-refractivity contribution in [1.29, 1.82) is 0 Å². The average molecular weight is 1420 g/mol. The van der Waals surface area contributed by atoms with E-state index >= 15 is 0 Å². The van der Waals surface area contributed by atoms with E-state index in [1.54, 1.807) is 66.7 Å². The molecule has 0 aliphatic carbocycles. The van der Waals surface area contributed by atoms with Crippen molar-refractivity contribution in [3.63, 3.8) is 0 Å². The lowest BCUT2D eigenvalue weighted by molar-refractivity contribution is -0.123. The van der Waals surface area contributed by atoms with Gasteiger partial charge in [0.1, 0.15) is 54.6 Å². The number of hydrogen-bond donors (Lipinski definition) is 10. The standard InChI is InChI=1S/C73H85N13O17/c1-47(44-80-64(90)17-7-6-10-32-75-68(93)50-20-29-58-57(41-50)70(95)103-73(58)59-30-27-54(88)42-62(59)102-63-43-55(89)28-31-60(63)73)45-101-71(96)79-34-11-8-16-61(69(94)76-33-9-4-5-12-37-87)81-72(97)99-39-38-98-65(84-85-74)46-100-56-15-13-14-49(40-56)67(92)78-36-35-77-66(91)48-18-21-51(22-19-48)82-83-52-23-25-53(26-24-52)86(2)3/h13-15,18-31,40-43,61,65,87-89H,1,4-12,16-17,32-39,44-46H2,2-3H3,(H,75,93)(H,76,94)(H,77,91)(H,78,92)(H,79,96)(H,80,90)(H,81,97)/b83-82+. The monoisotopic (exact) mass is 1420 g/mol. The van der Waals surface area contributed by atoms with Crippen LogP contribution >= 0.6 is 0 Å². The maximum absolute atomic E-state index is 13.5. The number of unbranched alkanes of at least 4 members (excludes halogenated alkanes) is 6. The van der Waals surface area contributed by atoms with E-state index in [9.17, 15) is 54.1 Å². The quantitative estimate of drug-likeness (QED) is 0.00325. The summed E-state index contributed by atoms with van der Waals surface area (Å²) >= 11 is 0. The van der Waals surface area contributed by atoms with Crippen LogP contribution < -0.4 is 51.6 Å². The molecule has 30 nitrogen and oxygen atoms in total. The van der Waals surface area contributed by atoms with Gasteiger partial charge in [0.15, 0.2) is 11.8 Å². The minimum absolute atomic E-state index is 0.0643. The fourth-order valence-electron chi connectivity index (χ4n) is 10.9. The molecule has 2 heterocycles. The number of nitrogens with zero attached hydrogens (tertiary/aromatic N) is 6. The van der Waals surface area contributed by atoms with Gasteiger partial charge in [-0.05, 0) is 159 Å². The first-order chi connectivity index (χ1) is 49.8. The summed E-state index contributed by atoms with van der Waals surface area (Å²) in [5.41, 5.74) is 12.9. The van der Waals surface area contributed by atoms with Gasteiger partial charge in [-0.3, -0.25) is 24.0 Å². The van der Waals surface area contributed by atoms with Gasteiger partial charge in [0, 0.05) is 123 Å². The van der Waals surface area contributed by atoms with Gasteiger partial charge in [-0.15, -0.1) is 0 Å². The Balaban J connectivity index is 0.666. The van der Waals surface area contributed by atoms with Gasteiger partial charge in [0.25, 0.3) is 17.7 Å². The minimum atomic E-state index is -1.46. The van der Waals surface area contributed by atoms with E-state index in [2.05, 4.69) is 64.1 Å². The first-order valence-electron chi connectivity index (χ1n) is 33.7. The second-order valence-electron chi connectivity index (χ2n) is 24.2. The molecule has 7 amide bonds. The number of anilines is 1. The van der Waals surface area contributed by atoms with Gasteiger partial charge in [-0.25, -0.2) is 14.4 Å². The van der Waals surface area contributed by atoms with Crippen molar-refractivity contribution in [2.24, 2.45) is 15.3 Å². The van der Waals surface area contributed by atoms with Crippen LogP contribution in [0.25, 0.3) is 10.4 Å². The van der Waals surface area contributed by atoms with E-state index in [1.165, 1.54) is 36.4 Å². The molecule has 8 rings (SSSR count). The van der Waals surface area contributed by atoms with Gasteiger partial charge in [0.05, 0.1) is 23.5 Å². The number of fused-ring (bicyclic) bond motifs is 6. The Morgan fingerprint density at radius 3 is 1.88 bits per heavy atom. The predicted molar refractivity (Wildman–Crippen MR) is 378 cm³/mol. The number of aromatic hydroxyl groups is 2. The van der Waals surface area contributed by atoms with E-state index in [4.69, 9.17) is 33.5 Å². The third kappa shape index (κ3) is 23.1. The van der Waals surface area contributed by atoms with Crippen LogP contribution in [0.1, 0.15) is 129 Å². The molecule has 30 heteroatoms. The van der Waals surface area contributed by atoms with Gasteiger partial charge >= 0.3 is 18.2 Å². The van der Waals surface area contributed by atoms with Crippen molar-refractivity contribution in [2.45, 2.75) is 88.5 Å². The fraction of sp³-hybridized carbons (Fsp3) is 0.370. The van der Waals surface area contributed by atoms with Crippen LogP contribution in [-0.2, 0) is 34.1 Å². The number of esters is 1. The van der Waals surface area contributed by atoms with Crippen molar-refractivity contribution in [2.75, 3.05) is 91.3 Å². The maximum Gasteiger partial charge on any atom is 0.407 e. The summed E-state index contributed by atoms with van der Waals surface area (Å²) < 4.78 is 34.0. The number of alkyl carbamates (subject to hydrolysis) is 2. The molecular formula is C73H85N13O17. The smallest absolute Gasteiger partial charge is 0.407 e. The number of hydrogen-bond acceptors (Lipinski definition) is 21. The van der Waals surface area contributed by atoms with Crippen LogP contribution in [0.3, 0.4) is 0 Å². The van der Waals surface area contributed by atoms with Crippen LogP contribution in [0.15, 0.2) is 155 Å². The van der Waals surface area contributed by atoms with Crippen LogP contribution in [0.5, 0.6) is 28.7 Å². The molecule has 1 spiro atoms. The van der Waals surface area contributed by atoms with Gasteiger partial charge < -0.3 is 85.9 Å². The lowest BCUT2D eigenvalue weighted by atomic mass is 9.77. The van der Waals surface area contributed by atoms with E-state index in [0.717, 1.165) is 18.5 Å². The van der Waals surface area contributed by atoms with E-state index < -0.39 is 53.7 Å². The number of rotatable bonds is 40. The molecule has 0 aromatic heterocycles. The molecule has 2 aliphatic heterocycles. The number of carbonyl (C=O) groups is 8. The Kier molecular flexibility index (Phi) is 29.4. The first-order valence-corrected chi connectivity index (χ1v) is 33.7. The van der Waals surface area contributed by atoms with Crippen molar-refractivity contribution >= 4 is 64.8 Å². The summed E-state index contributed by atoms with van der Waals surface area (Å²) in [6.07, 6.45) is 2.90. The van der Waals surface area contributed by atoms with E-state index in [-0.39, 0.29) is 129 Å². The Morgan fingerprint density at radius 1 is 0.621 bits per heavy atom. The van der Waals surface area contributed by atoms with Crippen molar-refractivity contribution in [3.8, 4) is 28.7 Å². The topological polar surface area (TPSA) is 414 Å². The second-order valence-corrected chi connectivity index (χ2v) is 24.2. The number of aliphatic hydroxyl groups excluding tert-OH is 1. The van der Waals surface area contributed by atoms with Crippen LogP contribution in [-0.4, -0.2) is 162 Å². The number of ether oxygens (including phenoxy) is 6. The summed E-state index contributed by atoms with van der Waals surface area (Å²) in [5, 5.41) is 60.8. The molecule has 0 bridgehead atoms. The Hall–Kier alpha value is -11.8. The van der Waals surface area contributed by atoms with Crippen LogP contribution in [0, 0.1) is 0 Å². The molecule has 6 aromatic carbocycles. The summed E-state index contributed by atoms with van der Waals surface area (Å²) in [5.74, 6) is -1.96. The molecule has 2 aliphatic rings. The highest BCUT2D eigenvalue weighted by Gasteiger charge is 2.54. The molecule has 10 N–H and O–H groups in total. The second kappa shape index (κ2) is 39.3. The number of amides is 7.